The number of nitrogens with one attached hydrogen (secondary N) is 1. The number of carbonyl (C=O) groups excluding carboxylic acids is 1. The molecule has 0 heterocycles. The standard InChI is InChI=1S/C15H24N2O3/c1-15(2,8-9-16)10-17-14(18)13-11(19-3)6-5-7-12(13)20-4/h5-7H,8-10,16H2,1-4H3,(H,17,18). The first kappa shape index (κ1) is 16.3. The van der Waals surface area contributed by atoms with Gasteiger partial charge in [-0.3, -0.25) is 4.79 Å². The zero-order valence-electron chi connectivity index (χ0n) is 12.7. The van der Waals surface area contributed by atoms with Crippen molar-refractivity contribution < 1.29 is 14.3 Å². The highest BCUT2D eigenvalue weighted by molar-refractivity contribution is 5.99. The molecule has 0 aliphatic heterocycles. The maximum atomic E-state index is 12.4. The molecular formula is C15H24N2O3. The van der Waals surface area contributed by atoms with Crippen LogP contribution in [0.5, 0.6) is 11.5 Å². The van der Waals surface area contributed by atoms with Crippen LogP contribution in [-0.2, 0) is 0 Å². The molecule has 0 atom stereocenters. The third kappa shape index (κ3) is 4.13. The monoisotopic (exact) mass is 280 g/mol. The third-order valence-corrected chi connectivity index (χ3v) is 3.20. The van der Waals surface area contributed by atoms with Gasteiger partial charge in [-0.15, -0.1) is 0 Å². The van der Waals surface area contributed by atoms with Crippen LogP contribution >= 0.6 is 0 Å². The van der Waals surface area contributed by atoms with Crippen molar-refractivity contribution in [3.05, 3.63) is 23.8 Å². The first-order chi connectivity index (χ1) is 9.45. The van der Waals surface area contributed by atoms with E-state index in [1.165, 1.54) is 14.2 Å². The normalized spacial score (nSPS) is 11.1. The first-order valence-electron chi connectivity index (χ1n) is 6.64. The molecule has 3 N–H and O–H groups in total. The van der Waals surface area contributed by atoms with Crippen LogP contribution in [0, 0.1) is 5.41 Å². The summed E-state index contributed by atoms with van der Waals surface area (Å²) in [7, 11) is 3.06. The van der Waals surface area contributed by atoms with Crippen molar-refractivity contribution in [3.63, 3.8) is 0 Å². The lowest BCUT2D eigenvalue weighted by atomic mass is 9.89. The summed E-state index contributed by atoms with van der Waals surface area (Å²) in [5.74, 6) is 0.793. The average molecular weight is 280 g/mol. The number of ether oxygens (including phenoxy) is 2. The molecule has 0 aromatic heterocycles. The molecule has 1 aromatic carbocycles. The van der Waals surface area contributed by atoms with Crippen LogP contribution in [0.15, 0.2) is 18.2 Å². The summed E-state index contributed by atoms with van der Waals surface area (Å²) >= 11 is 0. The van der Waals surface area contributed by atoms with E-state index in [-0.39, 0.29) is 11.3 Å². The fourth-order valence-corrected chi connectivity index (χ4v) is 1.96. The van der Waals surface area contributed by atoms with Crippen molar-refractivity contribution in [3.8, 4) is 11.5 Å². The molecule has 0 fully saturated rings. The zero-order chi connectivity index (χ0) is 15.2. The van der Waals surface area contributed by atoms with Gasteiger partial charge in [0.05, 0.1) is 14.2 Å². The predicted molar refractivity (Wildman–Crippen MR) is 79.3 cm³/mol. The molecule has 1 amide bonds. The van der Waals surface area contributed by atoms with Crippen LogP contribution in [0.3, 0.4) is 0 Å². The molecule has 0 aliphatic rings. The summed E-state index contributed by atoms with van der Waals surface area (Å²) in [5, 5.41) is 2.92. The van der Waals surface area contributed by atoms with E-state index < -0.39 is 0 Å². The largest absolute Gasteiger partial charge is 0.496 e. The van der Waals surface area contributed by atoms with Gasteiger partial charge >= 0.3 is 0 Å². The highest BCUT2D eigenvalue weighted by atomic mass is 16.5. The minimum absolute atomic E-state index is 0.0420. The van der Waals surface area contributed by atoms with Crippen molar-refractivity contribution in [2.45, 2.75) is 20.3 Å². The second kappa shape index (κ2) is 7.14. The van der Waals surface area contributed by atoms with Crippen molar-refractivity contribution in [1.29, 1.82) is 0 Å². The summed E-state index contributed by atoms with van der Waals surface area (Å²) in [6, 6.07) is 5.26. The summed E-state index contributed by atoms with van der Waals surface area (Å²) in [4.78, 5) is 12.4. The quantitative estimate of drug-likeness (QED) is 0.799. The molecule has 20 heavy (non-hydrogen) atoms. The summed E-state index contributed by atoms with van der Waals surface area (Å²) in [6.45, 7) is 5.28. The lowest BCUT2D eigenvalue weighted by molar-refractivity contribution is 0.0929. The molecule has 0 radical (unpaired) electrons. The number of carbonyl (C=O) groups is 1. The number of amides is 1. The van der Waals surface area contributed by atoms with E-state index in [1.807, 2.05) is 0 Å². The van der Waals surface area contributed by atoms with E-state index in [4.69, 9.17) is 15.2 Å². The Morgan fingerprint density at radius 1 is 1.25 bits per heavy atom. The van der Waals surface area contributed by atoms with Gasteiger partial charge in [0.2, 0.25) is 0 Å². The molecule has 0 unspecified atom stereocenters. The number of methoxy groups -OCH3 is 2. The highest BCUT2D eigenvalue weighted by Crippen LogP contribution is 2.28. The van der Waals surface area contributed by atoms with E-state index in [1.54, 1.807) is 18.2 Å². The van der Waals surface area contributed by atoms with E-state index in [0.717, 1.165) is 6.42 Å². The predicted octanol–water partition coefficient (Wildman–Crippen LogP) is 1.81. The summed E-state index contributed by atoms with van der Waals surface area (Å²) in [5.41, 5.74) is 5.95. The van der Waals surface area contributed by atoms with Gasteiger partial charge < -0.3 is 20.5 Å². The number of nitrogens with two attached hydrogens (primary N) is 1. The molecular weight excluding hydrogens is 256 g/mol. The minimum Gasteiger partial charge on any atom is -0.496 e. The van der Waals surface area contributed by atoms with E-state index in [0.29, 0.717) is 30.2 Å². The Labute approximate surface area is 120 Å². The Morgan fingerprint density at radius 3 is 2.25 bits per heavy atom. The number of rotatable bonds is 7. The van der Waals surface area contributed by atoms with Gasteiger partial charge in [0.15, 0.2) is 0 Å². The molecule has 1 rings (SSSR count). The SMILES string of the molecule is COc1cccc(OC)c1C(=O)NCC(C)(C)CCN. The molecule has 0 bridgehead atoms. The Hall–Kier alpha value is -1.75. The van der Waals surface area contributed by atoms with E-state index >= 15 is 0 Å². The van der Waals surface area contributed by atoms with Gasteiger partial charge in [0, 0.05) is 6.54 Å². The van der Waals surface area contributed by atoms with Crippen LogP contribution in [0.4, 0.5) is 0 Å². The van der Waals surface area contributed by atoms with E-state index in [2.05, 4.69) is 19.2 Å². The van der Waals surface area contributed by atoms with Gasteiger partial charge in [-0.25, -0.2) is 0 Å². The number of hydrogen-bond acceptors (Lipinski definition) is 4. The van der Waals surface area contributed by atoms with Gasteiger partial charge in [-0.05, 0) is 30.5 Å². The Bertz CT molecular complexity index is 436. The van der Waals surface area contributed by atoms with Crippen molar-refractivity contribution in [2.24, 2.45) is 11.1 Å². The van der Waals surface area contributed by atoms with Crippen molar-refractivity contribution in [2.75, 3.05) is 27.3 Å². The van der Waals surface area contributed by atoms with E-state index in [9.17, 15) is 4.79 Å². The number of hydrogen-bond donors (Lipinski definition) is 2. The molecule has 0 spiro atoms. The molecule has 0 saturated heterocycles. The molecule has 112 valence electrons. The maximum Gasteiger partial charge on any atom is 0.258 e. The summed E-state index contributed by atoms with van der Waals surface area (Å²) < 4.78 is 10.5. The second-order valence-electron chi connectivity index (χ2n) is 5.42. The number of benzene rings is 1. The van der Waals surface area contributed by atoms with Crippen molar-refractivity contribution >= 4 is 5.91 Å². The molecule has 1 aromatic rings. The molecule has 0 aliphatic carbocycles. The fraction of sp³-hybridized carbons (Fsp3) is 0.533. The topological polar surface area (TPSA) is 73.6 Å². The molecule has 0 saturated carbocycles. The van der Waals surface area contributed by atoms with Crippen LogP contribution in [0.1, 0.15) is 30.6 Å². The van der Waals surface area contributed by atoms with Crippen LogP contribution in [-0.4, -0.2) is 33.2 Å². The average Bonchev–Trinajstić information content (AvgIpc) is 2.43. The molecule has 5 nitrogen and oxygen atoms in total. The summed E-state index contributed by atoms with van der Waals surface area (Å²) in [6.07, 6.45) is 0.844. The Morgan fingerprint density at radius 2 is 1.80 bits per heavy atom. The maximum absolute atomic E-state index is 12.4. The van der Waals surface area contributed by atoms with Crippen LogP contribution < -0.4 is 20.5 Å². The molecule has 5 heteroatoms. The van der Waals surface area contributed by atoms with Gasteiger partial charge in [0.25, 0.3) is 5.91 Å². The lowest BCUT2D eigenvalue weighted by Crippen LogP contribution is -2.35. The Kier molecular flexibility index (Phi) is 5.82. The minimum atomic E-state index is -0.204. The zero-order valence-corrected chi connectivity index (χ0v) is 12.7. The fourth-order valence-electron chi connectivity index (χ4n) is 1.96. The van der Waals surface area contributed by atoms with Gasteiger partial charge in [0.1, 0.15) is 17.1 Å². The third-order valence-electron chi connectivity index (χ3n) is 3.20. The lowest BCUT2D eigenvalue weighted by Gasteiger charge is -2.24. The van der Waals surface area contributed by atoms with Crippen molar-refractivity contribution in [1.82, 2.24) is 5.32 Å². The Balaban J connectivity index is 2.87. The van der Waals surface area contributed by atoms with Crippen LogP contribution in [0.2, 0.25) is 0 Å². The highest BCUT2D eigenvalue weighted by Gasteiger charge is 2.22. The van der Waals surface area contributed by atoms with Gasteiger partial charge in [-0.2, -0.15) is 0 Å². The first-order valence-corrected chi connectivity index (χ1v) is 6.64. The smallest absolute Gasteiger partial charge is 0.258 e. The second-order valence-corrected chi connectivity index (χ2v) is 5.42. The van der Waals surface area contributed by atoms with Crippen LogP contribution in [0.25, 0.3) is 0 Å². The van der Waals surface area contributed by atoms with Gasteiger partial charge in [-0.1, -0.05) is 19.9 Å².